The number of likely N-dealkylation sites (N-methyl/N-ethyl adjacent to an activating group) is 1. The third-order valence-electron chi connectivity index (χ3n) is 3.40. The highest BCUT2D eigenvalue weighted by Crippen LogP contribution is 2.12. The first-order valence-corrected chi connectivity index (χ1v) is 7.11. The smallest absolute Gasteiger partial charge is 0.236 e. The molecule has 2 rings (SSSR count). The number of furan rings is 1. The molecule has 20 heavy (non-hydrogen) atoms. The number of hydrogen-bond acceptors (Lipinski definition) is 4. The van der Waals surface area contributed by atoms with E-state index in [4.69, 9.17) is 9.15 Å². The summed E-state index contributed by atoms with van der Waals surface area (Å²) in [4.78, 5) is 16.2. The van der Waals surface area contributed by atoms with Crippen LogP contribution in [0.2, 0.25) is 0 Å². The van der Waals surface area contributed by atoms with Gasteiger partial charge in [0.05, 0.1) is 25.3 Å². The van der Waals surface area contributed by atoms with Gasteiger partial charge in [-0.15, -0.1) is 0 Å². The van der Waals surface area contributed by atoms with Gasteiger partial charge in [0.1, 0.15) is 11.5 Å². The minimum Gasteiger partial charge on any atom is -0.465 e. The van der Waals surface area contributed by atoms with Crippen LogP contribution in [0, 0.1) is 6.92 Å². The average molecular weight is 280 g/mol. The molecule has 5 nitrogen and oxygen atoms in total. The van der Waals surface area contributed by atoms with E-state index in [1.54, 1.807) is 0 Å². The van der Waals surface area contributed by atoms with Gasteiger partial charge in [0.25, 0.3) is 0 Å². The summed E-state index contributed by atoms with van der Waals surface area (Å²) >= 11 is 0. The van der Waals surface area contributed by atoms with E-state index in [1.165, 1.54) is 0 Å². The predicted molar refractivity (Wildman–Crippen MR) is 76.4 cm³/mol. The van der Waals surface area contributed by atoms with Crippen molar-refractivity contribution < 1.29 is 13.9 Å². The molecule has 1 fully saturated rings. The van der Waals surface area contributed by atoms with E-state index in [9.17, 15) is 4.79 Å². The molecule has 0 radical (unpaired) electrons. The standard InChI is InChI=1S/C15H24N2O3/c1-11-5-6-14(20-11)9-16(4)10-15(18)17-7-12(2)19-13(3)8-17/h5-6,12-13H,7-10H2,1-4H3. The van der Waals surface area contributed by atoms with E-state index < -0.39 is 0 Å². The monoisotopic (exact) mass is 280 g/mol. The Morgan fingerprint density at radius 3 is 2.55 bits per heavy atom. The molecule has 1 saturated heterocycles. The normalized spacial score (nSPS) is 23.4. The van der Waals surface area contributed by atoms with E-state index in [0.29, 0.717) is 26.2 Å². The average Bonchev–Trinajstić information content (AvgIpc) is 2.73. The Morgan fingerprint density at radius 1 is 1.35 bits per heavy atom. The highest BCUT2D eigenvalue weighted by molar-refractivity contribution is 5.78. The van der Waals surface area contributed by atoms with Gasteiger partial charge in [-0.3, -0.25) is 9.69 Å². The Kier molecular flexibility index (Phi) is 4.83. The molecule has 0 N–H and O–H groups in total. The highest BCUT2D eigenvalue weighted by Gasteiger charge is 2.26. The van der Waals surface area contributed by atoms with Crippen molar-refractivity contribution in [1.29, 1.82) is 0 Å². The second-order valence-corrected chi connectivity index (χ2v) is 5.74. The van der Waals surface area contributed by atoms with Crippen molar-refractivity contribution in [2.24, 2.45) is 0 Å². The van der Waals surface area contributed by atoms with E-state index >= 15 is 0 Å². The van der Waals surface area contributed by atoms with Gasteiger partial charge >= 0.3 is 0 Å². The summed E-state index contributed by atoms with van der Waals surface area (Å²) in [6.07, 6.45) is 0.224. The van der Waals surface area contributed by atoms with Crippen LogP contribution >= 0.6 is 0 Å². The fourth-order valence-corrected chi connectivity index (χ4v) is 2.60. The van der Waals surface area contributed by atoms with Crippen molar-refractivity contribution >= 4 is 5.91 Å². The van der Waals surface area contributed by atoms with Crippen LogP contribution in [0.4, 0.5) is 0 Å². The minimum absolute atomic E-state index is 0.112. The zero-order chi connectivity index (χ0) is 14.7. The number of aryl methyl sites for hydroxylation is 1. The van der Waals surface area contributed by atoms with Gasteiger partial charge in [-0.05, 0) is 40.0 Å². The number of ether oxygens (including phenoxy) is 1. The second kappa shape index (κ2) is 6.41. The Morgan fingerprint density at radius 2 is 2.00 bits per heavy atom. The van der Waals surface area contributed by atoms with Crippen molar-refractivity contribution in [3.63, 3.8) is 0 Å². The Bertz CT molecular complexity index is 448. The first-order valence-electron chi connectivity index (χ1n) is 7.11. The number of nitrogens with zero attached hydrogens (tertiary/aromatic N) is 2. The minimum atomic E-state index is 0.112. The molecule has 2 unspecified atom stereocenters. The lowest BCUT2D eigenvalue weighted by atomic mass is 10.2. The zero-order valence-electron chi connectivity index (χ0n) is 12.8. The molecular weight excluding hydrogens is 256 g/mol. The summed E-state index contributed by atoms with van der Waals surface area (Å²) < 4.78 is 11.2. The molecule has 1 amide bonds. The molecule has 1 aliphatic heterocycles. The summed E-state index contributed by atoms with van der Waals surface area (Å²) in [6, 6.07) is 3.89. The highest BCUT2D eigenvalue weighted by atomic mass is 16.5. The van der Waals surface area contributed by atoms with Crippen LogP contribution in [0.3, 0.4) is 0 Å². The van der Waals surface area contributed by atoms with Crippen molar-refractivity contribution in [2.75, 3.05) is 26.7 Å². The lowest BCUT2D eigenvalue weighted by Crippen LogP contribution is -2.50. The van der Waals surface area contributed by atoms with Crippen LogP contribution in [0.15, 0.2) is 16.5 Å². The van der Waals surface area contributed by atoms with Gasteiger partial charge in [0.15, 0.2) is 0 Å². The molecule has 1 aliphatic rings. The zero-order valence-corrected chi connectivity index (χ0v) is 12.8. The summed E-state index contributed by atoms with van der Waals surface area (Å²) in [5.74, 6) is 1.94. The quantitative estimate of drug-likeness (QED) is 0.841. The topological polar surface area (TPSA) is 45.9 Å². The van der Waals surface area contributed by atoms with Crippen molar-refractivity contribution in [1.82, 2.24) is 9.80 Å². The lowest BCUT2D eigenvalue weighted by Gasteiger charge is -2.36. The molecule has 2 atom stereocenters. The molecule has 5 heteroatoms. The molecule has 112 valence electrons. The van der Waals surface area contributed by atoms with Crippen LogP contribution in [-0.2, 0) is 16.1 Å². The van der Waals surface area contributed by atoms with Crippen LogP contribution in [0.25, 0.3) is 0 Å². The van der Waals surface area contributed by atoms with Crippen LogP contribution < -0.4 is 0 Å². The molecule has 2 heterocycles. The first-order chi connectivity index (χ1) is 9.44. The number of rotatable bonds is 4. The van der Waals surface area contributed by atoms with E-state index in [2.05, 4.69) is 0 Å². The van der Waals surface area contributed by atoms with E-state index in [-0.39, 0.29) is 18.1 Å². The van der Waals surface area contributed by atoms with Crippen LogP contribution in [-0.4, -0.2) is 54.6 Å². The van der Waals surface area contributed by atoms with Crippen molar-refractivity contribution in [2.45, 2.75) is 39.5 Å². The Balaban J connectivity index is 1.84. The third-order valence-corrected chi connectivity index (χ3v) is 3.40. The van der Waals surface area contributed by atoms with Crippen LogP contribution in [0.1, 0.15) is 25.4 Å². The SMILES string of the molecule is Cc1ccc(CN(C)CC(=O)N2CC(C)OC(C)C2)o1. The Hall–Kier alpha value is -1.33. The Labute approximate surface area is 120 Å². The third kappa shape index (κ3) is 4.08. The summed E-state index contributed by atoms with van der Waals surface area (Å²) in [5.41, 5.74) is 0. The predicted octanol–water partition coefficient (Wildman–Crippen LogP) is 1.66. The number of carbonyl (C=O) groups excluding carboxylic acids is 1. The van der Waals surface area contributed by atoms with Crippen molar-refractivity contribution in [3.05, 3.63) is 23.7 Å². The number of morpholine rings is 1. The van der Waals surface area contributed by atoms with E-state index in [0.717, 1.165) is 11.5 Å². The number of carbonyl (C=O) groups is 1. The summed E-state index contributed by atoms with van der Waals surface area (Å²) in [7, 11) is 1.93. The van der Waals surface area contributed by atoms with Crippen LogP contribution in [0.5, 0.6) is 0 Å². The fourth-order valence-electron chi connectivity index (χ4n) is 2.60. The van der Waals surface area contributed by atoms with Gasteiger partial charge < -0.3 is 14.1 Å². The first kappa shape index (κ1) is 15.1. The second-order valence-electron chi connectivity index (χ2n) is 5.74. The molecule has 0 spiro atoms. The molecule has 1 aromatic heterocycles. The molecule has 1 aromatic rings. The maximum atomic E-state index is 12.3. The van der Waals surface area contributed by atoms with Gasteiger partial charge in [0.2, 0.25) is 5.91 Å². The molecule has 0 bridgehead atoms. The van der Waals surface area contributed by atoms with Gasteiger partial charge in [-0.2, -0.15) is 0 Å². The summed E-state index contributed by atoms with van der Waals surface area (Å²) in [6.45, 7) is 8.34. The maximum absolute atomic E-state index is 12.3. The molecule has 0 aliphatic carbocycles. The molecular formula is C15H24N2O3. The number of amides is 1. The van der Waals surface area contributed by atoms with Gasteiger partial charge in [0, 0.05) is 13.1 Å². The fraction of sp³-hybridized carbons (Fsp3) is 0.667. The summed E-state index contributed by atoms with van der Waals surface area (Å²) in [5, 5.41) is 0. The van der Waals surface area contributed by atoms with Gasteiger partial charge in [-0.1, -0.05) is 0 Å². The lowest BCUT2D eigenvalue weighted by molar-refractivity contribution is -0.144. The largest absolute Gasteiger partial charge is 0.465 e. The number of hydrogen-bond donors (Lipinski definition) is 0. The van der Waals surface area contributed by atoms with E-state index in [1.807, 2.05) is 49.8 Å². The van der Waals surface area contributed by atoms with Gasteiger partial charge in [-0.25, -0.2) is 0 Å². The van der Waals surface area contributed by atoms with Crippen molar-refractivity contribution in [3.8, 4) is 0 Å². The molecule has 0 saturated carbocycles. The maximum Gasteiger partial charge on any atom is 0.236 e. The molecule has 0 aromatic carbocycles.